The van der Waals surface area contributed by atoms with Gasteiger partial charge in [0, 0.05) is 18.7 Å². The molecular weight excluding hydrogens is 238 g/mol. The van der Waals surface area contributed by atoms with Crippen LogP contribution in [0.25, 0.3) is 11.0 Å². The highest BCUT2D eigenvalue weighted by Crippen LogP contribution is 2.35. The number of ether oxygens (including phenoxy) is 2. The fourth-order valence-corrected chi connectivity index (χ4v) is 1.76. The summed E-state index contributed by atoms with van der Waals surface area (Å²) in [7, 11) is 0. The van der Waals surface area contributed by atoms with E-state index in [0.29, 0.717) is 17.4 Å². The lowest BCUT2D eigenvalue weighted by molar-refractivity contribution is 0.105. The van der Waals surface area contributed by atoms with E-state index in [0.717, 1.165) is 11.0 Å². The van der Waals surface area contributed by atoms with Crippen LogP contribution in [-0.4, -0.2) is 46.2 Å². The van der Waals surface area contributed by atoms with Crippen LogP contribution >= 0.6 is 0 Å². The van der Waals surface area contributed by atoms with Crippen LogP contribution in [-0.2, 0) is 0 Å². The molecule has 0 fully saturated rings. The molecule has 3 rings (SSSR count). The quantitative estimate of drug-likeness (QED) is 0.613. The fraction of sp³-hybridized carbons (Fsp3) is 0.364. The molecule has 1 aromatic carbocycles. The molecular formula is C11H13N3O4. The lowest BCUT2D eigenvalue weighted by Crippen LogP contribution is -2.23. The Labute approximate surface area is 102 Å². The predicted octanol–water partition coefficient (Wildman–Crippen LogP) is 0.0567. The van der Waals surface area contributed by atoms with Gasteiger partial charge < -0.3 is 30.0 Å². The third kappa shape index (κ3) is 1.93. The zero-order valence-electron chi connectivity index (χ0n) is 9.51. The van der Waals surface area contributed by atoms with Gasteiger partial charge in [-0.15, -0.1) is 0 Å². The molecule has 0 aliphatic carbocycles. The van der Waals surface area contributed by atoms with Crippen LogP contribution < -0.4 is 14.8 Å². The molecule has 7 heteroatoms. The SMILES string of the molecule is OCC(O)CNc1nc2cc3c(cc2[nH]1)OCO3. The molecule has 7 nitrogen and oxygen atoms in total. The van der Waals surface area contributed by atoms with Gasteiger partial charge in [0.15, 0.2) is 11.5 Å². The van der Waals surface area contributed by atoms with E-state index in [1.165, 1.54) is 0 Å². The summed E-state index contributed by atoms with van der Waals surface area (Å²) < 4.78 is 10.5. The van der Waals surface area contributed by atoms with Crippen LogP contribution in [0.4, 0.5) is 5.95 Å². The minimum atomic E-state index is -0.810. The summed E-state index contributed by atoms with van der Waals surface area (Å²) in [5.74, 6) is 1.89. The van der Waals surface area contributed by atoms with E-state index in [-0.39, 0.29) is 19.9 Å². The molecule has 96 valence electrons. The summed E-state index contributed by atoms with van der Waals surface area (Å²) in [5.41, 5.74) is 1.57. The van der Waals surface area contributed by atoms with Gasteiger partial charge >= 0.3 is 0 Å². The summed E-state index contributed by atoms with van der Waals surface area (Å²) in [6.07, 6.45) is -0.810. The van der Waals surface area contributed by atoms with Crippen molar-refractivity contribution in [1.82, 2.24) is 9.97 Å². The molecule has 0 amide bonds. The topological polar surface area (TPSA) is 99.6 Å². The Kier molecular flexibility index (Phi) is 2.69. The van der Waals surface area contributed by atoms with Crippen molar-refractivity contribution in [1.29, 1.82) is 0 Å². The van der Waals surface area contributed by atoms with E-state index in [9.17, 15) is 5.11 Å². The first-order valence-electron chi connectivity index (χ1n) is 5.58. The van der Waals surface area contributed by atoms with Crippen molar-refractivity contribution in [2.75, 3.05) is 25.3 Å². The Morgan fingerprint density at radius 2 is 2.17 bits per heavy atom. The van der Waals surface area contributed by atoms with E-state index >= 15 is 0 Å². The van der Waals surface area contributed by atoms with Crippen LogP contribution in [0.15, 0.2) is 12.1 Å². The zero-order valence-corrected chi connectivity index (χ0v) is 9.51. The van der Waals surface area contributed by atoms with Gasteiger partial charge in [-0.25, -0.2) is 4.98 Å². The standard InChI is InChI=1S/C11H13N3O4/c15-4-6(16)3-12-11-13-7-1-9-10(18-5-17-9)2-8(7)14-11/h1-2,6,15-16H,3-5H2,(H2,12,13,14). The fourth-order valence-electron chi connectivity index (χ4n) is 1.76. The number of rotatable bonds is 4. The van der Waals surface area contributed by atoms with Gasteiger partial charge in [-0.2, -0.15) is 0 Å². The van der Waals surface area contributed by atoms with Gasteiger partial charge in [-0.1, -0.05) is 0 Å². The number of benzene rings is 1. The Hall–Kier alpha value is -1.99. The van der Waals surface area contributed by atoms with Crippen LogP contribution in [0.5, 0.6) is 11.5 Å². The molecule has 1 aromatic heterocycles. The number of H-pyrrole nitrogens is 1. The molecule has 1 aliphatic heterocycles. The van der Waals surface area contributed by atoms with E-state index < -0.39 is 6.10 Å². The van der Waals surface area contributed by atoms with Crippen LogP contribution in [0, 0.1) is 0 Å². The first-order valence-corrected chi connectivity index (χ1v) is 5.58. The highest BCUT2D eigenvalue weighted by atomic mass is 16.7. The average molecular weight is 251 g/mol. The number of nitrogens with one attached hydrogen (secondary N) is 2. The molecule has 2 heterocycles. The van der Waals surface area contributed by atoms with E-state index in [1.807, 2.05) is 6.07 Å². The lowest BCUT2D eigenvalue weighted by Gasteiger charge is -2.06. The average Bonchev–Trinajstić information content (AvgIpc) is 2.97. The second kappa shape index (κ2) is 4.35. The van der Waals surface area contributed by atoms with Gasteiger partial charge in [-0.05, 0) is 0 Å². The van der Waals surface area contributed by atoms with Gasteiger partial charge in [0.05, 0.1) is 23.7 Å². The van der Waals surface area contributed by atoms with Gasteiger partial charge in [-0.3, -0.25) is 0 Å². The number of aromatic nitrogens is 2. The number of aliphatic hydroxyl groups excluding tert-OH is 2. The van der Waals surface area contributed by atoms with Crippen molar-refractivity contribution in [2.24, 2.45) is 0 Å². The van der Waals surface area contributed by atoms with Gasteiger partial charge in [0.1, 0.15) is 0 Å². The van der Waals surface area contributed by atoms with E-state index in [1.54, 1.807) is 6.07 Å². The molecule has 0 saturated heterocycles. The number of nitrogens with zero attached hydrogens (tertiary/aromatic N) is 1. The summed E-state index contributed by atoms with van der Waals surface area (Å²) in [4.78, 5) is 7.36. The maximum Gasteiger partial charge on any atom is 0.231 e. The number of fused-ring (bicyclic) bond motifs is 2. The molecule has 0 spiro atoms. The van der Waals surface area contributed by atoms with E-state index in [2.05, 4.69) is 15.3 Å². The minimum Gasteiger partial charge on any atom is -0.454 e. The number of hydrogen-bond acceptors (Lipinski definition) is 6. The number of aliphatic hydroxyl groups is 2. The second-order valence-electron chi connectivity index (χ2n) is 4.03. The van der Waals surface area contributed by atoms with Crippen molar-refractivity contribution in [3.05, 3.63) is 12.1 Å². The highest BCUT2D eigenvalue weighted by Gasteiger charge is 2.16. The zero-order chi connectivity index (χ0) is 12.5. The smallest absolute Gasteiger partial charge is 0.231 e. The summed E-state index contributed by atoms with van der Waals surface area (Å²) in [5, 5.41) is 20.8. The van der Waals surface area contributed by atoms with E-state index in [4.69, 9.17) is 14.6 Å². The molecule has 0 saturated carbocycles. The third-order valence-corrected chi connectivity index (χ3v) is 2.69. The highest BCUT2D eigenvalue weighted by molar-refractivity contribution is 5.81. The Morgan fingerprint density at radius 1 is 1.39 bits per heavy atom. The molecule has 0 bridgehead atoms. The first kappa shape index (κ1) is 11.1. The normalized spacial score (nSPS) is 15.0. The van der Waals surface area contributed by atoms with Crippen LogP contribution in [0.1, 0.15) is 0 Å². The molecule has 1 aliphatic rings. The maximum atomic E-state index is 9.24. The van der Waals surface area contributed by atoms with Crippen LogP contribution in [0.2, 0.25) is 0 Å². The molecule has 2 aromatic rings. The number of imidazole rings is 1. The molecule has 1 unspecified atom stereocenters. The van der Waals surface area contributed by atoms with Gasteiger partial charge in [0.2, 0.25) is 12.7 Å². The Bertz CT molecular complexity index is 528. The molecule has 4 N–H and O–H groups in total. The van der Waals surface area contributed by atoms with Crippen molar-refractivity contribution < 1.29 is 19.7 Å². The number of anilines is 1. The number of hydrogen-bond donors (Lipinski definition) is 4. The molecule has 0 radical (unpaired) electrons. The first-order chi connectivity index (χ1) is 8.76. The Morgan fingerprint density at radius 3 is 2.94 bits per heavy atom. The Balaban J connectivity index is 1.83. The van der Waals surface area contributed by atoms with Crippen molar-refractivity contribution in [3.8, 4) is 11.5 Å². The number of aromatic amines is 1. The monoisotopic (exact) mass is 251 g/mol. The summed E-state index contributed by atoms with van der Waals surface area (Å²) in [6.45, 7) is 0.169. The lowest BCUT2D eigenvalue weighted by atomic mass is 10.3. The largest absolute Gasteiger partial charge is 0.454 e. The summed E-state index contributed by atoms with van der Waals surface area (Å²) >= 11 is 0. The van der Waals surface area contributed by atoms with Crippen molar-refractivity contribution in [2.45, 2.75) is 6.10 Å². The van der Waals surface area contributed by atoms with Crippen molar-refractivity contribution >= 4 is 17.0 Å². The second-order valence-corrected chi connectivity index (χ2v) is 4.03. The van der Waals surface area contributed by atoms with Crippen molar-refractivity contribution in [3.63, 3.8) is 0 Å². The molecule has 18 heavy (non-hydrogen) atoms. The predicted molar refractivity (Wildman–Crippen MR) is 63.8 cm³/mol. The third-order valence-electron chi connectivity index (χ3n) is 2.69. The molecule has 1 atom stereocenters. The van der Waals surface area contributed by atoms with Gasteiger partial charge in [0.25, 0.3) is 0 Å². The minimum absolute atomic E-state index is 0.225. The van der Waals surface area contributed by atoms with Crippen LogP contribution in [0.3, 0.4) is 0 Å². The maximum absolute atomic E-state index is 9.24. The summed E-state index contributed by atoms with van der Waals surface area (Å²) in [6, 6.07) is 3.61.